The SMILES string of the molecule is CNCCN(C)S(=O)(=O)NCC(C)C. The van der Waals surface area contributed by atoms with Gasteiger partial charge in [-0.25, -0.2) is 4.72 Å². The van der Waals surface area contributed by atoms with Crippen molar-refractivity contribution in [2.45, 2.75) is 13.8 Å². The minimum atomic E-state index is -3.28. The molecule has 0 saturated carbocycles. The highest BCUT2D eigenvalue weighted by molar-refractivity contribution is 7.87. The first-order valence-electron chi connectivity index (χ1n) is 4.75. The van der Waals surface area contributed by atoms with Crippen LogP contribution in [-0.2, 0) is 10.2 Å². The van der Waals surface area contributed by atoms with E-state index in [1.54, 1.807) is 14.1 Å². The molecule has 0 amide bonds. The van der Waals surface area contributed by atoms with E-state index < -0.39 is 10.2 Å². The van der Waals surface area contributed by atoms with Crippen molar-refractivity contribution in [3.8, 4) is 0 Å². The molecule has 0 heterocycles. The Morgan fingerprint density at radius 2 is 1.93 bits per heavy atom. The molecule has 0 rings (SSSR count). The fourth-order valence-corrected chi connectivity index (χ4v) is 1.87. The smallest absolute Gasteiger partial charge is 0.279 e. The summed E-state index contributed by atoms with van der Waals surface area (Å²) in [5.74, 6) is 0.322. The van der Waals surface area contributed by atoms with Crippen LogP contribution in [0.5, 0.6) is 0 Å². The Hall–Kier alpha value is -0.170. The van der Waals surface area contributed by atoms with Crippen LogP contribution in [0.25, 0.3) is 0 Å². The molecule has 0 spiro atoms. The summed E-state index contributed by atoms with van der Waals surface area (Å²) in [7, 11) is 0.0788. The Labute approximate surface area is 87.0 Å². The summed E-state index contributed by atoms with van der Waals surface area (Å²) in [6.45, 7) is 5.54. The van der Waals surface area contributed by atoms with Crippen LogP contribution in [-0.4, -0.2) is 46.5 Å². The summed E-state index contributed by atoms with van der Waals surface area (Å²) in [6.07, 6.45) is 0. The molecule has 0 saturated heterocycles. The molecule has 0 aromatic heterocycles. The second-order valence-corrected chi connectivity index (χ2v) is 5.53. The third kappa shape index (κ3) is 5.54. The molecule has 86 valence electrons. The zero-order chi connectivity index (χ0) is 11.2. The largest absolute Gasteiger partial charge is 0.318 e. The number of rotatable bonds is 7. The van der Waals surface area contributed by atoms with Crippen molar-refractivity contribution in [3.63, 3.8) is 0 Å². The summed E-state index contributed by atoms with van der Waals surface area (Å²) in [5.41, 5.74) is 0. The Morgan fingerprint density at radius 1 is 1.36 bits per heavy atom. The molecule has 14 heavy (non-hydrogen) atoms. The van der Waals surface area contributed by atoms with Gasteiger partial charge in [0.1, 0.15) is 0 Å². The van der Waals surface area contributed by atoms with Gasteiger partial charge in [0.05, 0.1) is 0 Å². The van der Waals surface area contributed by atoms with Gasteiger partial charge < -0.3 is 5.32 Å². The van der Waals surface area contributed by atoms with E-state index in [4.69, 9.17) is 0 Å². The van der Waals surface area contributed by atoms with E-state index in [1.807, 2.05) is 13.8 Å². The molecule has 0 bridgehead atoms. The molecule has 0 aliphatic carbocycles. The van der Waals surface area contributed by atoms with Crippen LogP contribution in [0.1, 0.15) is 13.8 Å². The highest BCUT2D eigenvalue weighted by Gasteiger charge is 2.16. The van der Waals surface area contributed by atoms with Gasteiger partial charge in [-0.3, -0.25) is 0 Å². The van der Waals surface area contributed by atoms with Crippen LogP contribution in [0.15, 0.2) is 0 Å². The number of hydrogen-bond acceptors (Lipinski definition) is 3. The Morgan fingerprint density at radius 3 is 2.36 bits per heavy atom. The van der Waals surface area contributed by atoms with Gasteiger partial charge in [0, 0.05) is 26.7 Å². The zero-order valence-electron chi connectivity index (χ0n) is 9.37. The van der Waals surface area contributed by atoms with Crippen molar-refractivity contribution in [1.82, 2.24) is 14.3 Å². The van der Waals surface area contributed by atoms with Gasteiger partial charge in [0.2, 0.25) is 0 Å². The van der Waals surface area contributed by atoms with Crippen LogP contribution in [0.4, 0.5) is 0 Å². The molecular weight excluding hydrogens is 202 g/mol. The Bertz CT molecular complexity index is 239. The van der Waals surface area contributed by atoms with Gasteiger partial charge in [-0.1, -0.05) is 13.8 Å². The lowest BCUT2D eigenvalue weighted by molar-refractivity contribution is 0.449. The van der Waals surface area contributed by atoms with Crippen LogP contribution >= 0.6 is 0 Å². The van der Waals surface area contributed by atoms with Gasteiger partial charge in [-0.15, -0.1) is 0 Å². The van der Waals surface area contributed by atoms with Crippen molar-refractivity contribution >= 4 is 10.2 Å². The molecule has 6 heteroatoms. The highest BCUT2D eigenvalue weighted by atomic mass is 32.2. The molecule has 0 aromatic carbocycles. The maximum absolute atomic E-state index is 11.5. The molecule has 5 nitrogen and oxygen atoms in total. The highest BCUT2D eigenvalue weighted by Crippen LogP contribution is 1.95. The average molecular weight is 223 g/mol. The summed E-state index contributed by atoms with van der Waals surface area (Å²) in [6, 6.07) is 0. The first kappa shape index (κ1) is 13.8. The summed E-state index contributed by atoms with van der Waals surface area (Å²) in [4.78, 5) is 0. The molecule has 0 unspecified atom stereocenters. The minimum absolute atomic E-state index is 0.322. The maximum atomic E-state index is 11.5. The second kappa shape index (κ2) is 6.34. The van der Waals surface area contributed by atoms with E-state index in [0.29, 0.717) is 25.6 Å². The number of nitrogens with one attached hydrogen (secondary N) is 2. The first-order valence-corrected chi connectivity index (χ1v) is 6.19. The number of likely N-dealkylation sites (N-methyl/N-ethyl adjacent to an activating group) is 2. The van der Waals surface area contributed by atoms with Gasteiger partial charge in [-0.2, -0.15) is 12.7 Å². The lowest BCUT2D eigenvalue weighted by Gasteiger charge is -2.18. The van der Waals surface area contributed by atoms with Crippen LogP contribution < -0.4 is 10.0 Å². The monoisotopic (exact) mass is 223 g/mol. The molecule has 0 aliphatic heterocycles. The topological polar surface area (TPSA) is 61.4 Å². The van der Waals surface area contributed by atoms with Crippen molar-refractivity contribution in [2.75, 3.05) is 33.7 Å². The van der Waals surface area contributed by atoms with Gasteiger partial charge in [0.15, 0.2) is 0 Å². The van der Waals surface area contributed by atoms with Gasteiger partial charge in [-0.05, 0) is 13.0 Å². The molecule has 0 aromatic rings. The summed E-state index contributed by atoms with van der Waals surface area (Å²) in [5, 5.41) is 2.90. The molecule has 0 aliphatic rings. The van der Waals surface area contributed by atoms with E-state index in [9.17, 15) is 8.42 Å². The molecule has 0 fully saturated rings. The normalized spacial score (nSPS) is 12.7. The molecule has 0 radical (unpaired) electrons. The van der Waals surface area contributed by atoms with E-state index in [1.165, 1.54) is 4.31 Å². The Kier molecular flexibility index (Phi) is 6.26. The second-order valence-electron chi connectivity index (χ2n) is 3.67. The molecule has 0 atom stereocenters. The quantitative estimate of drug-likeness (QED) is 0.619. The number of nitrogens with zero attached hydrogens (tertiary/aromatic N) is 1. The van der Waals surface area contributed by atoms with Crippen molar-refractivity contribution in [1.29, 1.82) is 0 Å². The van der Waals surface area contributed by atoms with Gasteiger partial charge >= 0.3 is 0 Å². The standard InChI is InChI=1S/C8H21N3O2S/c1-8(2)7-10-14(12,13)11(4)6-5-9-3/h8-10H,5-7H2,1-4H3. The average Bonchev–Trinajstić information content (AvgIpc) is 2.11. The Balaban J connectivity index is 4.04. The van der Waals surface area contributed by atoms with Crippen molar-refractivity contribution < 1.29 is 8.42 Å². The van der Waals surface area contributed by atoms with Crippen LogP contribution in [0.3, 0.4) is 0 Å². The van der Waals surface area contributed by atoms with Crippen molar-refractivity contribution in [3.05, 3.63) is 0 Å². The predicted octanol–water partition coefficient (Wildman–Crippen LogP) is -0.372. The predicted molar refractivity (Wildman–Crippen MR) is 58.3 cm³/mol. The minimum Gasteiger partial charge on any atom is -0.318 e. The van der Waals surface area contributed by atoms with E-state index in [0.717, 1.165) is 0 Å². The van der Waals surface area contributed by atoms with E-state index in [2.05, 4.69) is 10.0 Å². The van der Waals surface area contributed by atoms with Crippen LogP contribution in [0, 0.1) is 5.92 Å². The summed E-state index contributed by atoms with van der Waals surface area (Å²) < 4.78 is 26.9. The van der Waals surface area contributed by atoms with Gasteiger partial charge in [0.25, 0.3) is 10.2 Å². The zero-order valence-corrected chi connectivity index (χ0v) is 10.2. The third-order valence-electron chi connectivity index (χ3n) is 1.76. The van der Waals surface area contributed by atoms with E-state index in [-0.39, 0.29) is 0 Å². The van der Waals surface area contributed by atoms with Crippen molar-refractivity contribution in [2.24, 2.45) is 5.92 Å². The maximum Gasteiger partial charge on any atom is 0.279 e. The fraction of sp³-hybridized carbons (Fsp3) is 1.00. The first-order chi connectivity index (χ1) is 6.40. The fourth-order valence-electron chi connectivity index (χ4n) is 0.772. The number of hydrogen-bond donors (Lipinski definition) is 2. The molecular formula is C8H21N3O2S. The van der Waals surface area contributed by atoms with Crippen LogP contribution in [0.2, 0.25) is 0 Å². The lowest BCUT2D eigenvalue weighted by Crippen LogP contribution is -2.42. The lowest BCUT2D eigenvalue weighted by atomic mass is 10.2. The van der Waals surface area contributed by atoms with E-state index >= 15 is 0 Å². The third-order valence-corrected chi connectivity index (χ3v) is 3.30. The molecule has 2 N–H and O–H groups in total. The summed E-state index contributed by atoms with van der Waals surface area (Å²) >= 11 is 0.